The molecule has 0 aromatic heterocycles. The molecule has 0 bridgehead atoms. The van der Waals surface area contributed by atoms with Crippen LogP contribution in [0.25, 0.3) is 0 Å². The van der Waals surface area contributed by atoms with E-state index in [0.717, 1.165) is 4.90 Å². The van der Waals surface area contributed by atoms with E-state index in [1.165, 1.54) is 0 Å². The van der Waals surface area contributed by atoms with Crippen molar-refractivity contribution in [2.45, 2.75) is 0 Å². The number of rotatable bonds is 5. The van der Waals surface area contributed by atoms with Crippen molar-refractivity contribution in [1.29, 1.82) is 0 Å². The van der Waals surface area contributed by atoms with E-state index in [2.05, 4.69) is 5.48 Å². The molecule has 1 aromatic rings. The summed E-state index contributed by atoms with van der Waals surface area (Å²) in [5.41, 5.74) is 2.78. The number of amides is 2. The van der Waals surface area contributed by atoms with Gasteiger partial charge < -0.3 is 5.11 Å². The van der Waals surface area contributed by atoms with Crippen molar-refractivity contribution in [2.24, 2.45) is 0 Å². The monoisotopic (exact) mass is 250 g/mol. The van der Waals surface area contributed by atoms with Gasteiger partial charge in [-0.15, -0.1) is 0 Å². The number of aliphatic carboxylic acids is 1. The van der Waals surface area contributed by atoms with E-state index in [4.69, 9.17) is 9.94 Å². The number of nitrogens with zero attached hydrogens (tertiary/aromatic N) is 1. The van der Waals surface area contributed by atoms with Crippen LogP contribution in [0.4, 0.5) is 0 Å². The first-order valence-corrected chi connectivity index (χ1v) is 5.13. The van der Waals surface area contributed by atoms with Crippen molar-refractivity contribution in [3.8, 4) is 0 Å². The van der Waals surface area contributed by atoms with Crippen LogP contribution >= 0.6 is 0 Å². The number of benzene rings is 1. The lowest BCUT2D eigenvalue weighted by Crippen LogP contribution is -2.36. The van der Waals surface area contributed by atoms with Crippen molar-refractivity contribution in [1.82, 2.24) is 10.4 Å². The van der Waals surface area contributed by atoms with E-state index in [1.807, 2.05) is 0 Å². The molecule has 1 aliphatic rings. The predicted octanol–water partition coefficient (Wildman–Crippen LogP) is -0.154. The second-order valence-corrected chi connectivity index (χ2v) is 3.57. The van der Waals surface area contributed by atoms with E-state index < -0.39 is 24.3 Å². The lowest BCUT2D eigenvalue weighted by molar-refractivity contribution is -0.139. The molecule has 1 aromatic carbocycles. The van der Waals surface area contributed by atoms with Gasteiger partial charge in [0.1, 0.15) is 13.3 Å². The van der Waals surface area contributed by atoms with Gasteiger partial charge in [0, 0.05) is 0 Å². The molecule has 2 amide bonds. The molecule has 1 heterocycles. The highest BCUT2D eigenvalue weighted by Gasteiger charge is 2.35. The number of hydrogen-bond donors (Lipinski definition) is 2. The summed E-state index contributed by atoms with van der Waals surface area (Å²) in [5, 5.41) is 8.36. The second kappa shape index (κ2) is 4.94. The molecular weight excluding hydrogens is 240 g/mol. The van der Waals surface area contributed by atoms with Crippen molar-refractivity contribution in [3.63, 3.8) is 0 Å². The van der Waals surface area contributed by atoms with Gasteiger partial charge in [0.05, 0.1) is 11.1 Å². The van der Waals surface area contributed by atoms with Gasteiger partial charge in [0.2, 0.25) is 0 Å². The number of carboxylic acid groups (broad SMARTS) is 1. The zero-order chi connectivity index (χ0) is 13.1. The number of hydrogen-bond acceptors (Lipinski definition) is 5. The number of fused-ring (bicyclic) bond motifs is 1. The van der Waals surface area contributed by atoms with Crippen LogP contribution in [-0.4, -0.2) is 41.1 Å². The molecule has 0 saturated heterocycles. The maximum atomic E-state index is 11.8. The standard InChI is InChI=1S/C11H10N2O5/c14-9(15)5-12-18-6-13-10(16)7-3-1-2-4-8(7)11(13)17/h1-4,12H,5-6H2,(H,14,15). The molecular formula is C11H10N2O5. The second-order valence-electron chi connectivity index (χ2n) is 3.57. The smallest absolute Gasteiger partial charge is 0.319 e. The summed E-state index contributed by atoms with van der Waals surface area (Å²) in [6, 6.07) is 6.44. The Bertz CT molecular complexity index is 479. The van der Waals surface area contributed by atoms with Gasteiger partial charge in [-0.25, -0.2) is 4.90 Å². The van der Waals surface area contributed by atoms with Gasteiger partial charge in [-0.3, -0.25) is 19.2 Å². The predicted molar refractivity (Wildman–Crippen MR) is 58.5 cm³/mol. The molecule has 7 nitrogen and oxygen atoms in total. The van der Waals surface area contributed by atoms with Crippen molar-refractivity contribution in [3.05, 3.63) is 35.4 Å². The van der Waals surface area contributed by atoms with Crippen molar-refractivity contribution in [2.75, 3.05) is 13.3 Å². The fourth-order valence-electron chi connectivity index (χ4n) is 1.58. The molecule has 0 spiro atoms. The highest BCUT2D eigenvalue weighted by Crippen LogP contribution is 2.21. The highest BCUT2D eigenvalue weighted by atomic mass is 16.7. The Morgan fingerprint density at radius 3 is 2.28 bits per heavy atom. The van der Waals surface area contributed by atoms with Crippen molar-refractivity contribution < 1.29 is 24.3 Å². The molecule has 0 atom stereocenters. The summed E-state index contributed by atoms with van der Waals surface area (Å²) in [7, 11) is 0. The summed E-state index contributed by atoms with van der Waals surface area (Å²) in [4.78, 5) is 39.5. The normalized spacial score (nSPS) is 13.9. The Morgan fingerprint density at radius 1 is 1.22 bits per heavy atom. The molecule has 0 fully saturated rings. The van der Waals surface area contributed by atoms with Gasteiger partial charge >= 0.3 is 5.97 Å². The average molecular weight is 250 g/mol. The fourth-order valence-corrected chi connectivity index (χ4v) is 1.58. The summed E-state index contributed by atoms with van der Waals surface area (Å²) >= 11 is 0. The number of nitrogens with one attached hydrogen (secondary N) is 1. The number of hydroxylamine groups is 1. The molecule has 0 unspecified atom stereocenters. The minimum atomic E-state index is -1.10. The number of carbonyl (C=O) groups is 3. The van der Waals surface area contributed by atoms with Crippen LogP contribution in [0.5, 0.6) is 0 Å². The Morgan fingerprint density at radius 2 is 1.78 bits per heavy atom. The quantitative estimate of drug-likeness (QED) is 0.428. The van der Waals surface area contributed by atoms with E-state index in [9.17, 15) is 14.4 Å². The van der Waals surface area contributed by atoms with Gasteiger partial charge in [-0.2, -0.15) is 5.48 Å². The molecule has 2 rings (SSSR count). The lowest BCUT2D eigenvalue weighted by Gasteiger charge is -2.13. The summed E-state index contributed by atoms with van der Waals surface area (Å²) in [6.07, 6.45) is 0. The van der Waals surface area contributed by atoms with Gasteiger partial charge in [0.25, 0.3) is 11.8 Å². The van der Waals surface area contributed by atoms with Crippen LogP contribution < -0.4 is 5.48 Å². The van der Waals surface area contributed by atoms with Crippen molar-refractivity contribution >= 4 is 17.8 Å². The molecule has 7 heteroatoms. The average Bonchev–Trinajstić information content (AvgIpc) is 2.59. The first kappa shape index (κ1) is 12.2. The molecule has 0 radical (unpaired) electrons. The van der Waals surface area contributed by atoms with Crippen LogP contribution in [-0.2, 0) is 9.63 Å². The van der Waals surface area contributed by atoms with Crippen LogP contribution in [0.3, 0.4) is 0 Å². The molecule has 0 aliphatic carbocycles. The van der Waals surface area contributed by atoms with Crippen LogP contribution in [0.1, 0.15) is 20.7 Å². The third-order valence-corrected chi connectivity index (χ3v) is 2.40. The molecule has 2 N–H and O–H groups in total. The lowest BCUT2D eigenvalue weighted by atomic mass is 10.1. The third kappa shape index (κ3) is 2.22. The van der Waals surface area contributed by atoms with Crippen LogP contribution in [0.2, 0.25) is 0 Å². The van der Waals surface area contributed by atoms with E-state index in [1.54, 1.807) is 24.3 Å². The van der Waals surface area contributed by atoms with Gasteiger partial charge in [-0.1, -0.05) is 12.1 Å². The van der Waals surface area contributed by atoms with Gasteiger partial charge in [0.15, 0.2) is 0 Å². The minimum absolute atomic E-state index is 0.323. The first-order chi connectivity index (χ1) is 8.61. The Labute approximate surface area is 102 Å². The largest absolute Gasteiger partial charge is 0.480 e. The zero-order valence-electron chi connectivity index (χ0n) is 9.25. The Kier molecular flexibility index (Phi) is 3.35. The van der Waals surface area contributed by atoms with Crippen LogP contribution in [0, 0.1) is 0 Å². The summed E-state index contributed by atoms with van der Waals surface area (Å²) in [5.74, 6) is -2.00. The van der Waals surface area contributed by atoms with E-state index >= 15 is 0 Å². The first-order valence-electron chi connectivity index (χ1n) is 5.13. The minimum Gasteiger partial charge on any atom is -0.480 e. The molecule has 18 heavy (non-hydrogen) atoms. The molecule has 94 valence electrons. The van der Waals surface area contributed by atoms with Gasteiger partial charge in [-0.05, 0) is 12.1 Å². The SMILES string of the molecule is O=C(O)CNOCN1C(=O)c2ccccc2C1=O. The number of carboxylic acids is 1. The number of carbonyl (C=O) groups excluding carboxylic acids is 2. The Hall–Kier alpha value is -2.25. The summed E-state index contributed by atoms with van der Waals surface area (Å²) in [6.45, 7) is -0.747. The maximum Gasteiger partial charge on any atom is 0.319 e. The molecule has 1 aliphatic heterocycles. The highest BCUT2D eigenvalue weighted by molar-refractivity contribution is 6.21. The molecule has 0 saturated carbocycles. The van der Waals surface area contributed by atoms with E-state index in [-0.39, 0.29) is 6.73 Å². The Balaban J connectivity index is 1.99. The zero-order valence-corrected chi connectivity index (χ0v) is 9.25. The maximum absolute atomic E-state index is 11.8. The topological polar surface area (TPSA) is 95.9 Å². The van der Waals surface area contributed by atoms with Crippen LogP contribution in [0.15, 0.2) is 24.3 Å². The van der Waals surface area contributed by atoms with E-state index in [0.29, 0.717) is 11.1 Å². The summed E-state index contributed by atoms with van der Waals surface area (Å²) < 4.78 is 0. The third-order valence-electron chi connectivity index (χ3n) is 2.40. The fraction of sp³-hybridized carbons (Fsp3) is 0.182. The number of imide groups is 1.